The standard InChI is InChI=1S/C21H18N4O2/c1-14-23-19-12-15(6-7-20(19)25(14)2)21(26)24-16-4-3-5-18(13-16)27-17-8-10-22-11-9-17/h3-13H,1-2H3,(H,24,26). The molecule has 4 rings (SSSR count). The first-order valence-electron chi connectivity index (χ1n) is 8.52. The third kappa shape index (κ3) is 3.50. The van der Waals surface area contributed by atoms with Gasteiger partial charge in [-0.1, -0.05) is 6.07 Å². The van der Waals surface area contributed by atoms with Crippen molar-refractivity contribution in [1.29, 1.82) is 0 Å². The molecular weight excluding hydrogens is 340 g/mol. The number of pyridine rings is 1. The van der Waals surface area contributed by atoms with Crippen molar-refractivity contribution in [1.82, 2.24) is 14.5 Å². The molecule has 0 spiro atoms. The fourth-order valence-electron chi connectivity index (χ4n) is 2.84. The minimum atomic E-state index is -0.193. The smallest absolute Gasteiger partial charge is 0.255 e. The first-order valence-corrected chi connectivity index (χ1v) is 8.52. The molecule has 6 heteroatoms. The van der Waals surface area contributed by atoms with Gasteiger partial charge in [-0.25, -0.2) is 4.98 Å². The Kier molecular flexibility index (Phi) is 4.30. The van der Waals surface area contributed by atoms with Crippen LogP contribution in [0.3, 0.4) is 0 Å². The number of carbonyl (C=O) groups excluding carboxylic acids is 1. The molecule has 27 heavy (non-hydrogen) atoms. The summed E-state index contributed by atoms with van der Waals surface area (Å²) < 4.78 is 7.77. The molecule has 0 aliphatic heterocycles. The first-order chi connectivity index (χ1) is 13.1. The number of fused-ring (bicyclic) bond motifs is 1. The van der Waals surface area contributed by atoms with Crippen LogP contribution in [0.15, 0.2) is 67.0 Å². The van der Waals surface area contributed by atoms with Crippen molar-refractivity contribution in [3.05, 3.63) is 78.4 Å². The van der Waals surface area contributed by atoms with Gasteiger partial charge >= 0.3 is 0 Å². The molecule has 2 heterocycles. The van der Waals surface area contributed by atoms with Crippen LogP contribution in [-0.2, 0) is 7.05 Å². The Hall–Kier alpha value is -3.67. The maximum Gasteiger partial charge on any atom is 0.255 e. The van der Waals surface area contributed by atoms with Crippen LogP contribution >= 0.6 is 0 Å². The summed E-state index contributed by atoms with van der Waals surface area (Å²) in [6.07, 6.45) is 3.33. The summed E-state index contributed by atoms with van der Waals surface area (Å²) in [6, 6.07) is 16.3. The molecule has 134 valence electrons. The van der Waals surface area contributed by atoms with Crippen molar-refractivity contribution in [3.63, 3.8) is 0 Å². The number of carbonyl (C=O) groups is 1. The third-order valence-electron chi connectivity index (χ3n) is 4.34. The predicted octanol–water partition coefficient (Wildman–Crippen LogP) is 4.32. The van der Waals surface area contributed by atoms with Crippen molar-refractivity contribution in [3.8, 4) is 11.5 Å². The molecule has 0 saturated carbocycles. The van der Waals surface area contributed by atoms with E-state index >= 15 is 0 Å². The molecule has 0 atom stereocenters. The minimum absolute atomic E-state index is 0.193. The predicted molar refractivity (Wildman–Crippen MR) is 104 cm³/mol. The monoisotopic (exact) mass is 358 g/mol. The van der Waals surface area contributed by atoms with Crippen LogP contribution in [-0.4, -0.2) is 20.4 Å². The normalized spacial score (nSPS) is 10.7. The van der Waals surface area contributed by atoms with E-state index in [1.165, 1.54) is 0 Å². The van der Waals surface area contributed by atoms with Gasteiger partial charge in [0, 0.05) is 36.8 Å². The number of benzene rings is 2. The summed E-state index contributed by atoms with van der Waals surface area (Å²) in [4.78, 5) is 21.1. The number of hydrogen-bond donors (Lipinski definition) is 1. The molecule has 0 radical (unpaired) electrons. The van der Waals surface area contributed by atoms with E-state index in [0.29, 0.717) is 22.7 Å². The molecule has 0 saturated heterocycles. The number of nitrogens with zero attached hydrogens (tertiary/aromatic N) is 3. The van der Waals surface area contributed by atoms with E-state index in [2.05, 4.69) is 15.3 Å². The van der Waals surface area contributed by atoms with Gasteiger partial charge in [-0.15, -0.1) is 0 Å². The SMILES string of the molecule is Cc1nc2cc(C(=O)Nc3cccc(Oc4ccncc4)c3)ccc2n1C. The number of aryl methyl sites for hydroxylation is 2. The highest BCUT2D eigenvalue weighted by Crippen LogP contribution is 2.24. The maximum atomic E-state index is 12.6. The molecule has 2 aromatic heterocycles. The van der Waals surface area contributed by atoms with Crippen LogP contribution < -0.4 is 10.1 Å². The highest BCUT2D eigenvalue weighted by molar-refractivity contribution is 6.06. The Balaban J connectivity index is 1.53. The summed E-state index contributed by atoms with van der Waals surface area (Å²) in [5.74, 6) is 2.03. The zero-order valence-corrected chi connectivity index (χ0v) is 15.0. The number of aromatic nitrogens is 3. The van der Waals surface area contributed by atoms with Gasteiger partial charge in [-0.05, 0) is 49.4 Å². The molecule has 0 fully saturated rings. The van der Waals surface area contributed by atoms with Gasteiger partial charge in [0.2, 0.25) is 0 Å². The van der Waals surface area contributed by atoms with Gasteiger partial charge in [-0.2, -0.15) is 0 Å². The second kappa shape index (κ2) is 6.92. The number of hydrogen-bond acceptors (Lipinski definition) is 4. The van der Waals surface area contributed by atoms with Gasteiger partial charge in [0.25, 0.3) is 5.91 Å². The summed E-state index contributed by atoms with van der Waals surface area (Å²) in [7, 11) is 1.96. The van der Waals surface area contributed by atoms with Crippen molar-refractivity contribution in [2.75, 3.05) is 5.32 Å². The number of amides is 1. The van der Waals surface area contributed by atoms with Crippen molar-refractivity contribution in [2.45, 2.75) is 6.92 Å². The number of ether oxygens (including phenoxy) is 1. The minimum Gasteiger partial charge on any atom is -0.457 e. The highest BCUT2D eigenvalue weighted by atomic mass is 16.5. The molecule has 4 aromatic rings. The molecule has 2 aromatic carbocycles. The molecule has 0 aliphatic carbocycles. The number of nitrogens with one attached hydrogen (secondary N) is 1. The highest BCUT2D eigenvalue weighted by Gasteiger charge is 2.11. The van der Waals surface area contributed by atoms with E-state index in [1.54, 1.807) is 42.7 Å². The largest absolute Gasteiger partial charge is 0.457 e. The van der Waals surface area contributed by atoms with Crippen LogP contribution in [0.4, 0.5) is 5.69 Å². The van der Waals surface area contributed by atoms with Crippen LogP contribution in [0.25, 0.3) is 11.0 Å². The zero-order chi connectivity index (χ0) is 18.8. The molecule has 6 nitrogen and oxygen atoms in total. The lowest BCUT2D eigenvalue weighted by atomic mass is 10.2. The van der Waals surface area contributed by atoms with Gasteiger partial charge < -0.3 is 14.6 Å². The Morgan fingerprint density at radius 2 is 1.85 bits per heavy atom. The van der Waals surface area contributed by atoms with E-state index in [-0.39, 0.29) is 5.91 Å². The molecule has 0 unspecified atom stereocenters. The maximum absolute atomic E-state index is 12.6. The van der Waals surface area contributed by atoms with Crippen molar-refractivity contribution < 1.29 is 9.53 Å². The second-order valence-electron chi connectivity index (χ2n) is 6.19. The lowest BCUT2D eigenvalue weighted by molar-refractivity contribution is 0.102. The van der Waals surface area contributed by atoms with E-state index in [0.717, 1.165) is 16.9 Å². The number of imidazole rings is 1. The molecular formula is C21H18N4O2. The average Bonchev–Trinajstić information content (AvgIpc) is 2.96. The summed E-state index contributed by atoms with van der Waals surface area (Å²) in [6.45, 7) is 1.94. The lowest BCUT2D eigenvalue weighted by Crippen LogP contribution is -2.11. The lowest BCUT2D eigenvalue weighted by Gasteiger charge is -2.09. The average molecular weight is 358 g/mol. The molecule has 1 amide bonds. The van der Waals surface area contributed by atoms with Crippen LogP contribution in [0.5, 0.6) is 11.5 Å². The van der Waals surface area contributed by atoms with Crippen molar-refractivity contribution >= 4 is 22.6 Å². The first kappa shape index (κ1) is 16.8. The molecule has 0 aliphatic rings. The van der Waals surface area contributed by atoms with Gasteiger partial charge in [0.05, 0.1) is 11.0 Å². The van der Waals surface area contributed by atoms with E-state index in [1.807, 2.05) is 42.8 Å². The summed E-state index contributed by atoms with van der Waals surface area (Å²) in [5, 5.41) is 2.90. The van der Waals surface area contributed by atoms with E-state index in [9.17, 15) is 4.79 Å². The van der Waals surface area contributed by atoms with Crippen LogP contribution in [0, 0.1) is 6.92 Å². The van der Waals surface area contributed by atoms with Crippen LogP contribution in [0.1, 0.15) is 16.2 Å². The second-order valence-corrected chi connectivity index (χ2v) is 6.19. The van der Waals surface area contributed by atoms with Gasteiger partial charge in [0.15, 0.2) is 0 Å². The number of anilines is 1. The zero-order valence-electron chi connectivity index (χ0n) is 15.0. The summed E-state index contributed by atoms with van der Waals surface area (Å²) >= 11 is 0. The Labute approximate surface area is 156 Å². The summed E-state index contributed by atoms with van der Waals surface area (Å²) in [5.41, 5.74) is 3.01. The topological polar surface area (TPSA) is 69.0 Å². The number of rotatable bonds is 4. The molecule has 1 N–H and O–H groups in total. The Morgan fingerprint density at radius 3 is 2.67 bits per heavy atom. The van der Waals surface area contributed by atoms with Gasteiger partial charge in [-0.3, -0.25) is 9.78 Å². The fraction of sp³-hybridized carbons (Fsp3) is 0.0952. The quantitative estimate of drug-likeness (QED) is 0.590. The van der Waals surface area contributed by atoms with Crippen molar-refractivity contribution in [2.24, 2.45) is 7.05 Å². The van der Waals surface area contributed by atoms with E-state index in [4.69, 9.17) is 4.74 Å². The third-order valence-corrected chi connectivity index (χ3v) is 4.34. The van der Waals surface area contributed by atoms with E-state index < -0.39 is 0 Å². The molecule has 0 bridgehead atoms. The Morgan fingerprint density at radius 1 is 1.04 bits per heavy atom. The van der Waals surface area contributed by atoms with Crippen LogP contribution in [0.2, 0.25) is 0 Å². The fourth-order valence-corrected chi connectivity index (χ4v) is 2.84. The van der Waals surface area contributed by atoms with Gasteiger partial charge in [0.1, 0.15) is 17.3 Å². The Bertz CT molecular complexity index is 1120.